The van der Waals surface area contributed by atoms with E-state index in [4.69, 9.17) is 0 Å². The van der Waals surface area contributed by atoms with Crippen LogP contribution in [0, 0.1) is 0 Å². The van der Waals surface area contributed by atoms with Gasteiger partial charge in [0.05, 0.1) is 5.69 Å². The SMILES string of the molecule is CCCNC(CCc1cccnc1)c1ccnn1CCC. The molecular formula is C17H26N4. The minimum Gasteiger partial charge on any atom is -0.309 e. The Morgan fingerprint density at radius 3 is 2.81 bits per heavy atom. The zero-order valence-corrected chi connectivity index (χ0v) is 13.1. The highest BCUT2D eigenvalue weighted by molar-refractivity contribution is 5.12. The number of aryl methyl sites for hydroxylation is 2. The summed E-state index contributed by atoms with van der Waals surface area (Å²) >= 11 is 0. The van der Waals surface area contributed by atoms with Crippen LogP contribution in [0.1, 0.15) is 50.4 Å². The molecule has 2 heterocycles. The van der Waals surface area contributed by atoms with Crippen LogP contribution in [-0.2, 0) is 13.0 Å². The molecule has 114 valence electrons. The van der Waals surface area contributed by atoms with E-state index in [2.05, 4.69) is 46.1 Å². The molecule has 0 saturated heterocycles. The number of hydrogen-bond donors (Lipinski definition) is 1. The molecule has 4 nitrogen and oxygen atoms in total. The number of aromatic nitrogens is 3. The highest BCUT2D eigenvalue weighted by Gasteiger charge is 2.15. The van der Waals surface area contributed by atoms with E-state index in [0.717, 1.165) is 38.8 Å². The molecular weight excluding hydrogens is 260 g/mol. The Morgan fingerprint density at radius 2 is 2.10 bits per heavy atom. The van der Waals surface area contributed by atoms with Crippen LogP contribution in [0.25, 0.3) is 0 Å². The lowest BCUT2D eigenvalue weighted by atomic mass is 10.0. The molecule has 0 aliphatic carbocycles. The molecule has 0 aliphatic rings. The molecule has 1 N–H and O–H groups in total. The summed E-state index contributed by atoms with van der Waals surface area (Å²) in [7, 11) is 0. The van der Waals surface area contributed by atoms with Gasteiger partial charge in [0, 0.05) is 31.2 Å². The van der Waals surface area contributed by atoms with E-state index in [1.807, 2.05) is 24.7 Å². The maximum Gasteiger partial charge on any atom is 0.0553 e. The Labute approximate surface area is 127 Å². The number of pyridine rings is 1. The largest absolute Gasteiger partial charge is 0.309 e. The van der Waals surface area contributed by atoms with E-state index >= 15 is 0 Å². The number of hydrogen-bond acceptors (Lipinski definition) is 3. The summed E-state index contributed by atoms with van der Waals surface area (Å²) in [5.41, 5.74) is 2.59. The smallest absolute Gasteiger partial charge is 0.0553 e. The summed E-state index contributed by atoms with van der Waals surface area (Å²) in [5, 5.41) is 8.11. The molecule has 0 amide bonds. The van der Waals surface area contributed by atoms with Crippen molar-refractivity contribution in [3.05, 3.63) is 48.0 Å². The predicted octanol–water partition coefficient (Wildman–Crippen LogP) is 3.36. The Balaban J connectivity index is 2.04. The summed E-state index contributed by atoms with van der Waals surface area (Å²) in [4.78, 5) is 4.20. The van der Waals surface area contributed by atoms with Crippen molar-refractivity contribution in [2.75, 3.05) is 6.54 Å². The summed E-state index contributed by atoms with van der Waals surface area (Å²) in [6.45, 7) is 6.42. The fourth-order valence-electron chi connectivity index (χ4n) is 2.57. The van der Waals surface area contributed by atoms with E-state index in [9.17, 15) is 0 Å². The van der Waals surface area contributed by atoms with Gasteiger partial charge < -0.3 is 5.32 Å². The van der Waals surface area contributed by atoms with Gasteiger partial charge in [0.1, 0.15) is 0 Å². The summed E-state index contributed by atoms with van der Waals surface area (Å²) < 4.78 is 2.14. The van der Waals surface area contributed by atoms with Crippen LogP contribution in [0.5, 0.6) is 0 Å². The molecule has 0 bridgehead atoms. The Hall–Kier alpha value is -1.68. The first-order valence-corrected chi connectivity index (χ1v) is 7.99. The normalized spacial score (nSPS) is 12.5. The molecule has 2 rings (SSSR count). The third-order valence-corrected chi connectivity index (χ3v) is 3.63. The highest BCUT2D eigenvalue weighted by Crippen LogP contribution is 2.19. The van der Waals surface area contributed by atoms with Crippen LogP contribution in [0.15, 0.2) is 36.8 Å². The van der Waals surface area contributed by atoms with Gasteiger partial charge >= 0.3 is 0 Å². The number of rotatable bonds is 9. The fourth-order valence-corrected chi connectivity index (χ4v) is 2.57. The van der Waals surface area contributed by atoms with Gasteiger partial charge in [0.15, 0.2) is 0 Å². The van der Waals surface area contributed by atoms with Gasteiger partial charge in [-0.15, -0.1) is 0 Å². The van der Waals surface area contributed by atoms with Crippen LogP contribution >= 0.6 is 0 Å². The molecule has 1 unspecified atom stereocenters. The van der Waals surface area contributed by atoms with Gasteiger partial charge in [-0.05, 0) is 49.9 Å². The molecule has 0 saturated carbocycles. The Bertz CT molecular complexity index is 507. The maximum atomic E-state index is 4.45. The van der Waals surface area contributed by atoms with Gasteiger partial charge in [-0.25, -0.2) is 0 Å². The van der Waals surface area contributed by atoms with Crippen molar-refractivity contribution in [2.45, 2.75) is 52.1 Å². The van der Waals surface area contributed by atoms with Crippen LogP contribution in [0.4, 0.5) is 0 Å². The van der Waals surface area contributed by atoms with Crippen molar-refractivity contribution >= 4 is 0 Å². The molecule has 0 fully saturated rings. The van der Waals surface area contributed by atoms with Crippen LogP contribution in [0.2, 0.25) is 0 Å². The molecule has 0 aliphatic heterocycles. The molecule has 1 atom stereocenters. The molecule has 0 spiro atoms. The lowest BCUT2D eigenvalue weighted by Gasteiger charge is -2.20. The van der Waals surface area contributed by atoms with Gasteiger partial charge in [0.2, 0.25) is 0 Å². The third kappa shape index (κ3) is 4.67. The number of nitrogens with one attached hydrogen (secondary N) is 1. The Kier molecular flexibility index (Phi) is 6.41. The molecule has 0 aromatic carbocycles. The molecule has 2 aromatic heterocycles. The first-order valence-electron chi connectivity index (χ1n) is 7.99. The first-order chi connectivity index (χ1) is 10.3. The second-order valence-corrected chi connectivity index (χ2v) is 5.39. The fraction of sp³-hybridized carbons (Fsp3) is 0.529. The van der Waals surface area contributed by atoms with Crippen molar-refractivity contribution in [1.29, 1.82) is 0 Å². The average Bonchev–Trinajstić information content (AvgIpc) is 2.97. The van der Waals surface area contributed by atoms with E-state index < -0.39 is 0 Å². The van der Waals surface area contributed by atoms with Crippen LogP contribution in [0.3, 0.4) is 0 Å². The molecule has 0 radical (unpaired) electrons. The standard InChI is InChI=1S/C17H26N4/c1-3-10-19-16(8-7-15-6-5-11-18-14-15)17-9-12-20-21(17)13-4-2/h5-6,9,11-12,14,16,19H,3-4,7-8,10,13H2,1-2H3. The van der Waals surface area contributed by atoms with Crippen molar-refractivity contribution in [3.63, 3.8) is 0 Å². The van der Waals surface area contributed by atoms with Crippen LogP contribution in [-0.4, -0.2) is 21.3 Å². The molecule has 2 aromatic rings. The second-order valence-electron chi connectivity index (χ2n) is 5.39. The summed E-state index contributed by atoms with van der Waals surface area (Å²) in [5.74, 6) is 0. The third-order valence-electron chi connectivity index (χ3n) is 3.63. The minimum absolute atomic E-state index is 0.360. The summed E-state index contributed by atoms with van der Waals surface area (Å²) in [6.07, 6.45) is 10.1. The van der Waals surface area contributed by atoms with E-state index in [1.165, 1.54) is 11.3 Å². The number of nitrogens with zero attached hydrogens (tertiary/aromatic N) is 3. The maximum absolute atomic E-state index is 4.45. The predicted molar refractivity (Wildman–Crippen MR) is 86.1 cm³/mol. The highest BCUT2D eigenvalue weighted by atomic mass is 15.3. The van der Waals surface area contributed by atoms with Crippen molar-refractivity contribution < 1.29 is 0 Å². The van der Waals surface area contributed by atoms with Crippen LogP contribution < -0.4 is 5.32 Å². The van der Waals surface area contributed by atoms with Crippen molar-refractivity contribution in [2.24, 2.45) is 0 Å². The van der Waals surface area contributed by atoms with Crippen molar-refractivity contribution in [3.8, 4) is 0 Å². The average molecular weight is 286 g/mol. The van der Waals surface area contributed by atoms with E-state index in [1.54, 1.807) is 0 Å². The second kappa shape index (κ2) is 8.57. The van der Waals surface area contributed by atoms with Crippen molar-refractivity contribution in [1.82, 2.24) is 20.1 Å². The molecule has 4 heteroatoms. The van der Waals surface area contributed by atoms with Gasteiger partial charge in [0.25, 0.3) is 0 Å². The van der Waals surface area contributed by atoms with E-state index in [-0.39, 0.29) is 0 Å². The van der Waals surface area contributed by atoms with E-state index in [0.29, 0.717) is 6.04 Å². The van der Waals surface area contributed by atoms with Gasteiger partial charge in [-0.2, -0.15) is 5.10 Å². The lowest BCUT2D eigenvalue weighted by molar-refractivity contribution is 0.448. The van der Waals surface area contributed by atoms with Gasteiger partial charge in [-0.3, -0.25) is 9.67 Å². The zero-order valence-electron chi connectivity index (χ0n) is 13.1. The quantitative estimate of drug-likeness (QED) is 0.768. The summed E-state index contributed by atoms with van der Waals surface area (Å²) in [6, 6.07) is 6.66. The lowest BCUT2D eigenvalue weighted by Crippen LogP contribution is -2.25. The Morgan fingerprint density at radius 1 is 1.19 bits per heavy atom. The monoisotopic (exact) mass is 286 g/mol. The first kappa shape index (κ1) is 15.7. The van der Waals surface area contributed by atoms with Gasteiger partial charge in [-0.1, -0.05) is 19.9 Å². The zero-order chi connectivity index (χ0) is 14.9. The molecule has 21 heavy (non-hydrogen) atoms. The topological polar surface area (TPSA) is 42.7 Å². The minimum atomic E-state index is 0.360.